The number of rotatable bonds is 4. The molecule has 0 saturated heterocycles. The zero-order chi connectivity index (χ0) is 8.53. The zero-order valence-electron chi connectivity index (χ0n) is 6.20. The van der Waals surface area contributed by atoms with Gasteiger partial charge in [0.2, 0.25) is 12.2 Å². The molecule has 0 aromatic heterocycles. The molecule has 58 valence electrons. The summed E-state index contributed by atoms with van der Waals surface area (Å²) in [5.41, 5.74) is 0.882. The molecule has 0 rings (SSSR count). The van der Waals surface area contributed by atoms with Crippen LogP contribution in [0.25, 0.3) is 0 Å². The Balaban J connectivity index is 3.76. The monoisotopic (exact) mass is 152 g/mol. The summed E-state index contributed by atoms with van der Waals surface area (Å²) in [6.07, 6.45) is 4.81. The number of isocyanates is 2. The van der Waals surface area contributed by atoms with E-state index in [0.717, 1.165) is 5.57 Å². The lowest BCUT2D eigenvalue weighted by atomic mass is 10.2. The Morgan fingerprint density at radius 3 is 2.73 bits per heavy atom. The van der Waals surface area contributed by atoms with Gasteiger partial charge < -0.3 is 0 Å². The molecule has 0 unspecified atom stereocenters. The molecule has 0 saturated carbocycles. The molecular weight excluding hydrogens is 144 g/mol. The van der Waals surface area contributed by atoms with Crippen molar-refractivity contribution in [2.45, 2.75) is 13.3 Å². The second-order valence-electron chi connectivity index (χ2n) is 1.92. The molecule has 11 heavy (non-hydrogen) atoms. The van der Waals surface area contributed by atoms with E-state index in [2.05, 4.69) is 9.98 Å². The van der Waals surface area contributed by atoms with Crippen LogP contribution >= 0.6 is 0 Å². The number of carbonyl (C=O) groups excluding carboxylic acids is 2. The van der Waals surface area contributed by atoms with Crippen LogP contribution in [-0.2, 0) is 9.59 Å². The quantitative estimate of drug-likeness (QED) is 0.444. The highest BCUT2D eigenvalue weighted by Crippen LogP contribution is 1.98. The Kier molecular flexibility index (Phi) is 5.72. The summed E-state index contributed by atoms with van der Waals surface area (Å²) in [4.78, 5) is 25.8. The van der Waals surface area contributed by atoms with Crippen LogP contribution in [-0.4, -0.2) is 18.7 Å². The van der Waals surface area contributed by atoms with Crippen molar-refractivity contribution in [2.75, 3.05) is 6.54 Å². The molecule has 0 amide bonds. The third kappa shape index (κ3) is 6.38. The zero-order valence-corrected chi connectivity index (χ0v) is 6.20. The minimum atomic E-state index is 0.389. The fraction of sp³-hybridized carbons (Fsp3) is 0.429. The first-order chi connectivity index (χ1) is 5.31. The summed E-state index contributed by atoms with van der Waals surface area (Å²) in [6.45, 7) is 2.18. The van der Waals surface area contributed by atoms with Crippen molar-refractivity contribution in [1.82, 2.24) is 0 Å². The van der Waals surface area contributed by atoms with Crippen LogP contribution in [0.5, 0.6) is 0 Å². The molecule has 0 aromatic carbocycles. The number of aliphatic imine (C=N–C) groups is 2. The fourth-order valence-electron chi connectivity index (χ4n) is 0.479. The fourth-order valence-corrected chi connectivity index (χ4v) is 0.479. The number of nitrogens with zero attached hydrogens (tertiary/aromatic N) is 2. The van der Waals surface area contributed by atoms with E-state index in [4.69, 9.17) is 0 Å². The minimum absolute atomic E-state index is 0.389. The first-order valence-electron chi connectivity index (χ1n) is 3.07. The lowest BCUT2D eigenvalue weighted by Gasteiger charge is -1.90. The highest BCUT2D eigenvalue weighted by molar-refractivity contribution is 5.35. The Morgan fingerprint density at radius 2 is 2.18 bits per heavy atom. The van der Waals surface area contributed by atoms with Crippen LogP contribution in [0.15, 0.2) is 21.8 Å². The van der Waals surface area contributed by atoms with Crippen molar-refractivity contribution in [1.29, 1.82) is 0 Å². The molecule has 0 heterocycles. The van der Waals surface area contributed by atoms with Crippen LogP contribution in [0.2, 0.25) is 0 Å². The van der Waals surface area contributed by atoms with E-state index in [1.165, 1.54) is 18.4 Å². The van der Waals surface area contributed by atoms with Gasteiger partial charge in [0.05, 0.1) is 6.54 Å². The van der Waals surface area contributed by atoms with Gasteiger partial charge in [-0.1, -0.05) is 5.57 Å². The Bertz CT molecular complexity index is 233. The molecule has 0 aliphatic rings. The second kappa shape index (κ2) is 6.62. The van der Waals surface area contributed by atoms with Crippen molar-refractivity contribution in [3.05, 3.63) is 11.8 Å². The smallest absolute Gasteiger partial charge is 0.211 e. The number of hydrogen-bond donors (Lipinski definition) is 0. The van der Waals surface area contributed by atoms with Gasteiger partial charge in [0.15, 0.2) is 0 Å². The average molecular weight is 152 g/mol. The van der Waals surface area contributed by atoms with E-state index in [0.29, 0.717) is 13.0 Å². The minimum Gasteiger partial charge on any atom is -0.211 e. The van der Waals surface area contributed by atoms with Gasteiger partial charge >= 0.3 is 0 Å². The second-order valence-corrected chi connectivity index (χ2v) is 1.92. The van der Waals surface area contributed by atoms with Gasteiger partial charge in [-0.05, 0) is 13.3 Å². The highest BCUT2D eigenvalue weighted by Gasteiger charge is 1.86. The molecule has 0 aliphatic heterocycles. The summed E-state index contributed by atoms with van der Waals surface area (Å²) >= 11 is 0. The van der Waals surface area contributed by atoms with Crippen molar-refractivity contribution in [2.24, 2.45) is 9.98 Å². The lowest BCUT2D eigenvalue weighted by Crippen LogP contribution is -1.81. The van der Waals surface area contributed by atoms with Crippen LogP contribution in [0.1, 0.15) is 13.3 Å². The summed E-state index contributed by atoms with van der Waals surface area (Å²) < 4.78 is 0. The Morgan fingerprint density at radius 1 is 1.45 bits per heavy atom. The number of hydrogen-bond acceptors (Lipinski definition) is 4. The van der Waals surface area contributed by atoms with E-state index in [-0.39, 0.29) is 0 Å². The Labute approximate surface area is 64.4 Å². The topological polar surface area (TPSA) is 58.9 Å². The van der Waals surface area contributed by atoms with Crippen LogP contribution < -0.4 is 0 Å². The lowest BCUT2D eigenvalue weighted by molar-refractivity contribution is 0.562. The molecule has 0 bridgehead atoms. The molecule has 0 aromatic rings. The van der Waals surface area contributed by atoms with Gasteiger partial charge in [-0.25, -0.2) is 14.6 Å². The normalized spacial score (nSPS) is 9.73. The third-order valence-electron chi connectivity index (χ3n) is 1.02. The molecule has 0 spiro atoms. The third-order valence-corrected chi connectivity index (χ3v) is 1.02. The van der Waals surface area contributed by atoms with Gasteiger partial charge in [-0.3, -0.25) is 0 Å². The summed E-state index contributed by atoms with van der Waals surface area (Å²) in [6, 6.07) is 0. The van der Waals surface area contributed by atoms with Crippen molar-refractivity contribution < 1.29 is 9.59 Å². The summed E-state index contributed by atoms with van der Waals surface area (Å²) in [7, 11) is 0. The van der Waals surface area contributed by atoms with Crippen LogP contribution in [0, 0.1) is 0 Å². The largest absolute Gasteiger partial charge is 0.239 e. The van der Waals surface area contributed by atoms with E-state index in [9.17, 15) is 9.59 Å². The SMILES string of the molecule is CC(=CN=C=O)CCN=C=O. The Hall–Kier alpha value is -1.50. The van der Waals surface area contributed by atoms with Crippen molar-refractivity contribution >= 4 is 12.2 Å². The molecule has 4 heteroatoms. The molecule has 0 fully saturated rings. The van der Waals surface area contributed by atoms with E-state index in [1.54, 1.807) is 6.92 Å². The van der Waals surface area contributed by atoms with Gasteiger partial charge in [0.1, 0.15) is 0 Å². The highest BCUT2D eigenvalue weighted by atomic mass is 16.1. The standard InChI is InChI=1S/C7H8N2O2/c1-7(4-9-6-11)2-3-8-5-10/h4H,2-3H2,1H3. The van der Waals surface area contributed by atoms with Crippen molar-refractivity contribution in [3.8, 4) is 0 Å². The molecule has 4 nitrogen and oxygen atoms in total. The van der Waals surface area contributed by atoms with Gasteiger partial charge in [0.25, 0.3) is 0 Å². The predicted octanol–water partition coefficient (Wildman–Crippen LogP) is 0.952. The van der Waals surface area contributed by atoms with E-state index < -0.39 is 0 Å². The molecule has 0 radical (unpaired) electrons. The first kappa shape index (κ1) is 9.50. The molecular formula is C7H8N2O2. The van der Waals surface area contributed by atoms with Crippen LogP contribution in [0.3, 0.4) is 0 Å². The molecule has 0 N–H and O–H groups in total. The first-order valence-corrected chi connectivity index (χ1v) is 3.07. The predicted molar refractivity (Wildman–Crippen MR) is 39.5 cm³/mol. The van der Waals surface area contributed by atoms with E-state index in [1.807, 2.05) is 0 Å². The van der Waals surface area contributed by atoms with Gasteiger partial charge in [-0.2, -0.15) is 4.99 Å². The van der Waals surface area contributed by atoms with Crippen LogP contribution in [0.4, 0.5) is 0 Å². The van der Waals surface area contributed by atoms with Gasteiger partial charge in [-0.15, -0.1) is 0 Å². The van der Waals surface area contributed by atoms with Gasteiger partial charge in [0, 0.05) is 6.20 Å². The molecule has 0 atom stereocenters. The maximum absolute atomic E-state index is 9.62. The molecule has 0 aliphatic carbocycles. The summed E-state index contributed by atoms with van der Waals surface area (Å²) in [5, 5.41) is 0. The van der Waals surface area contributed by atoms with Crippen molar-refractivity contribution in [3.63, 3.8) is 0 Å². The maximum Gasteiger partial charge on any atom is 0.239 e. The summed E-state index contributed by atoms with van der Waals surface area (Å²) in [5.74, 6) is 0. The average Bonchev–Trinajstić information content (AvgIpc) is 2.01. The maximum atomic E-state index is 9.62. The van der Waals surface area contributed by atoms with E-state index >= 15 is 0 Å².